The molecule has 0 saturated carbocycles. The van der Waals surface area contributed by atoms with E-state index in [0.29, 0.717) is 5.56 Å². The molecule has 4 aromatic rings. The van der Waals surface area contributed by atoms with Gasteiger partial charge in [-0.1, -0.05) is 23.4 Å². The van der Waals surface area contributed by atoms with E-state index in [9.17, 15) is 5.26 Å². The summed E-state index contributed by atoms with van der Waals surface area (Å²) >= 11 is 0. The minimum Gasteiger partial charge on any atom is -0.347 e. The van der Waals surface area contributed by atoms with Crippen LogP contribution in [0.2, 0.25) is 0 Å². The molecule has 1 unspecified atom stereocenters. The number of oxime groups is 1. The van der Waals surface area contributed by atoms with Crippen molar-refractivity contribution in [1.82, 2.24) is 19.1 Å². The molecule has 0 spiro atoms. The van der Waals surface area contributed by atoms with Crippen LogP contribution in [0, 0.1) is 24.2 Å². The molecular formula is C24H22N6O. The number of pyridine rings is 1. The van der Waals surface area contributed by atoms with Gasteiger partial charge in [-0.15, -0.1) is 0 Å². The highest BCUT2D eigenvalue weighted by Gasteiger charge is 2.31. The summed E-state index contributed by atoms with van der Waals surface area (Å²) in [6, 6.07) is 13.9. The first-order valence-electron chi connectivity index (χ1n) is 10.3. The average Bonchev–Trinajstić information content (AvgIpc) is 3.34. The maximum Gasteiger partial charge on any atom is 0.266 e. The zero-order valence-corrected chi connectivity index (χ0v) is 17.5. The Balaban J connectivity index is 1.63. The van der Waals surface area contributed by atoms with Crippen molar-refractivity contribution in [3.63, 3.8) is 0 Å². The summed E-state index contributed by atoms with van der Waals surface area (Å²) in [7, 11) is 2.10. The molecule has 0 N–H and O–H groups in total. The van der Waals surface area contributed by atoms with Crippen molar-refractivity contribution >= 4 is 16.6 Å². The van der Waals surface area contributed by atoms with E-state index in [-0.39, 0.29) is 11.8 Å². The Kier molecular flexibility index (Phi) is 4.75. The fourth-order valence-corrected chi connectivity index (χ4v) is 4.45. The van der Waals surface area contributed by atoms with E-state index in [1.165, 1.54) is 11.2 Å². The van der Waals surface area contributed by atoms with Crippen LogP contribution in [-0.2, 0) is 20.0 Å². The summed E-state index contributed by atoms with van der Waals surface area (Å²) in [5, 5.41) is 15.2. The fraction of sp³-hybridized carbons (Fsp3) is 0.250. The Morgan fingerprint density at radius 3 is 2.87 bits per heavy atom. The Bertz CT molecular complexity index is 1340. The summed E-state index contributed by atoms with van der Waals surface area (Å²) < 4.78 is 4.40. The lowest BCUT2D eigenvalue weighted by molar-refractivity contribution is 0.319. The van der Waals surface area contributed by atoms with Gasteiger partial charge in [0.2, 0.25) is 0 Å². The second kappa shape index (κ2) is 7.73. The smallest absolute Gasteiger partial charge is 0.266 e. The number of imidazole rings is 1. The molecule has 7 heteroatoms. The normalized spacial score (nSPS) is 16.9. The van der Waals surface area contributed by atoms with Gasteiger partial charge in [-0.05, 0) is 38.0 Å². The van der Waals surface area contributed by atoms with Crippen LogP contribution in [0.25, 0.3) is 10.9 Å². The van der Waals surface area contributed by atoms with Gasteiger partial charge >= 0.3 is 0 Å². The van der Waals surface area contributed by atoms with Gasteiger partial charge in [-0.25, -0.2) is 9.97 Å². The fourth-order valence-electron chi connectivity index (χ4n) is 4.45. The molecule has 0 amide bonds. The number of nitriles is 1. The highest BCUT2D eigenvalue weighted by atomic mass is 16.6. The number of aryl methyl sites for hydroxylation is 2. The van der Waals surface area contributed by atoms with Crippen molar-refractivity contribution in [2.75, 3.05) is 0 Å². The predicted molar refractivity (Wildman–Crippen MR) is 118 cm³/mol. The lowest BCUT2D eigenvalue weighted by atomic mass is 9.84. The molecule has 0 fully saturated rings. The molecule has 7 nitrogen and oxygen atoms in total. The Labute approximate surface area is 180 Å². The summed E-state index contributed by atoms with van der Waals surface area (Å²) in [6.07, 6.45) is 7.34. The number of fused-ring (bicyclic) bond motifs is 3. The van der Waals surface area contributed by atoms with Crippen LogP contribution in [0.5, 0.6) is 5.88 Å². The van der Waals surface area contributed by atoms with Crippen LogP contribution in [-0.4, -0.2) is 24.8 Å². The second-order valence-electron chi connectivity index (χ2n) is 7.80. The first-order chi connectivity index (χ1) is 15.2. The molecule has 1 atom stereocenters. The van der Waals surface area contributed by atoms with E-state index in [0.717, 1.165) is 41.9 Å². The third-order valence-corrected chi connectivity index (χ3v) is 6.06. The van der Waals surface area contributed by atoms with Crippen molar-refractivity contribution < 1.29 is 4.84 Å². The Hall–Kier alpha value is -3.92. The largest absolute Gasteiger partial charge is 0.347 e. The topological polar surface area (TPSA) is 81.0 Å². The van der Waals surface area contributed by atoms with E-state index in [2.05, 4.69) is 61.6 Å². The number of benzene rings is 1. The summed E-state index contributed by atoms with van der Waals surface area (Å²) in [5.41, 5.74) is 4.81. The van der Waals surface area contributed by atoms with Crippen LogP contribution in [0.15, 0.2) is 60.1 Å². The minimum atomic E-state index is 0.153. The van der Waals surface area contributed by atoms with Gasteiger partial charge in [0.05, 0.1) is 5.71 Å². The molecule has 154 valence electrons. The summed E-state index contributed by atoms with van der Waals surface area (Å²) in [4.78, 5) is 14.3. The van der Waals surface area contributed by atoms with Gasteiger partial charge in [0, 0.05) is 60.3 Å². The number of hydrogen-bond donors (Lipinski definition) is 0. The molecule has 31 heavy (non-hydrogen) atoms. The molecule has 1 aliphatic carbocycles. The lowest BCUT2D eigenvalue weighted by Crippen LogP contribution is -2.28. The molecule has 3 heterocycles. The van der Waals surface area contributed by atoms with Crippen molar-refractivity contribution in [1.29, 1.82) is 5.26 Å². The average molecular weight is 410 g/mol. The lowest BCUT2D eigenvalue weighted by Gasteiger charge is -2.26. The van der Waals surface area contributed by atoms with Gasteiger partial charge in [0.1, 0.15) is 17.5 Å². The third kappa shape index (κ3) is 3.26. The molecule has 5 rings (SSSR count). The SMILES string of the molecule is Cc1nccn1CC1CCc2c(c3ccccc3n2C)C1=NOc1ncccc1C#N. The summed E-state index contributed by atoms with van der Waals surface area (Å²) in [5.74, 6) is 1.35. The van der Waals surface area contributed by atoms with Crippen LogP contribution >= 0.6 is 0 Å². The van der Waals surface area contributed by atoms with Gasteiger partial charge in [0.15, 0.2) is 0 Å². The van der Waals surface area contributed by atoms with E-state index in [1.54, 1.807) is 18.3 Å². The van der Waals surface area contributed by atoms with Crippen molar-refractivity contribution in [2.24, 2.45) is 18.1 Å². The highest BCUT2D eigenvalue weighted by molar-refractivity contribution is 6.13. The minimum absolute atomic E-state index is 0.153. The van der Waals surface area contributed by atoms with E-state index >= 15 is 0 Å². The van der Waals surface area contributed by atoms with Crippen molar-refractivity contribution in [3.05, 3.63) is 77.6 Å². The van der Waals surface area contributed by atoms with Crippen molar-refractivity contribution in [2.45, 2.75) is 26.3 Å². The number of para-hydroxylation sites is 1. The van der Waals surface area contributed by atoms with Gasteiger partial charge < -0.3 is 14.0 Å². The van der Waals surface area contributed by atoms with E-state index in [4.69, 9.17) is 4.84 Å². The predicted octanol–water partition coefficient (Wildman–Crippen LogP) is 4.00. The zero-order valence-electron chi connectivity index (χ0n) is 17.5. The van der Waals surface area contributed by atoms with Gasteiger partial charge in [0.25, 0.3) is 5.88 Å². The van der Waals surface area contributed by atoms with Gasteiger partial charge in [-0.3, -0.25) is 0 Å². The summed E-state index contributed by atoms with van der Waals surface area (Å²) in [6.45, 7) is 2.77. The molecule has 0 radical (unpaired) electrons. The molecule has 1 aliphatic rings. The second-order valence-corrected chi connectivity index (χ2v) is 7.80. The van der Waals surface area contributed by atoms with Gasteiger partial charge in [-0.2, -0.15) is 5.26 Å². The molecule has 0 saturated heterocycles. The number of aromatic nitrogens is 4. The first-order valence-corrected chi connectivity index (χ1v) is 10.3. The van der Waals surface area contributed by atoms with Crippen LogP contribution in [0.1, 0.15) is 29.1 Å². The van der Waals surface area contributed by atoms with E-state index < -0.39 is 0 Å². The van der Waals surface area contributed by atoms with Crippen LogP contribution in [0.4, 0.5) is 0 Å². The molecular weight excluding hydrogens is 388 g/mol. The monoisotopic (exact) mass is 410 g/mol. The highest BCUT2D eigenvalue weighted by Crippen LogP contribution is 2.35. The Morgan fingerprint density at radius 2 is 2.06 bits per heavy atom. The van der Waals surface area contributed by atoms with Crippen molar-refractivity contribution in [3.8, 4) is 11.9 Å². The molecule has 3 aromatic heterocycles. The maximum atomic E-state index is 9.38. The molecule has 0 bridgehead atoms. The third-order valence-electron chi connectivity index (χ3n) is 6.06. The number of hydrogen-bond acceptors (Lipinski definition) is 5. The van der Waals surface area contributed by atoms with Crippen LogP contribution in [0.3, 0.4) is 0 Å². The standard InChI is InChI=1S/C24H22N6O/c1-16-26-12-13-30(16)15-18-9-10-21-22(19-7-3-4-8-20(19)29(21)2)23(18)28-31-24-17(14-25)6-5-11-27-24/h3-8,11-13,18H,9-10,15H2,1-2H3. The molecule has 0 aliphatic heterocycles. The van der Waals surface area contributed by atoms with E-state index in [1.807, 2.05) is 19.3 Å². The maximum absolute atomic E-state index is 9.38. The zero-order chi connectivity index (χ0) is 21.4. The first kappa shape index (κ1) is 19.1. The molecule has 1 aromatic carbocycles. The number of rotatable bonds is 4. The number of nitrogens with zero attached hydrogens (tertiary/aromatic N) is 6. The quantitative estimate of drug-likeness (QED) is 0.476. The Morgan fingerprint density at radius 1 is 1.19 bits per heavy atom. The van der Waals surface area contributed by atoms with Crippen LogP contribution < -0.4 is 4.84 Å².